The molecule has 1 aliphatic heterocycles. The molecule has 0 bridgehead atoms. The number of hydrogen-bond acceptors (Lipinski definition) is 3. The minimum Gasteiger partial charge on any atom is -0.396 e. The second-order valence-corrected chi connectivity index (χ2v) is 5.18. The van der Waals surface area contributed by atoms with Crippen molar-refractivity contribution in [2.45, 2.75) is 33.2 Å². The third kappa shape index (κ3) is 3.23. The summed E-state index contributed by atoms with van der Waals surface area (Å²) >= 11 is 0. The van der Waals surface area contributed by atoms with Crippen molar-refractivity contribution in [3.05, 3.63) is 0 Å². The molecule has 0 aromatic heterocycles. The van der Waals surface area contributed by atoms with Gasteiger partial charge in [-0.3, -0.25) is 4.90 Å². The van der Waals surface area contributed by atoms with Crippen molar-refractivity contribution in [2.24, 2.45) is 5.41 Å². The largest absolute Gasteiger partial charge is 0.396 e. The van der Waals surface area contributed by atoms with Gasteiger partial charge in [0.1, 0.15) is 0 Å². The van der Waals surface area contributed by atoms with Crippen molar-refractivity contribution in [3.8, 4) is 0 Å². The fourth-order valence-corrected chi connectivity index (χ4v) is 2.28. The Morgan fingerprint density at radius 1 is 1.29 bits per heavy atom. The summed E-state index contributed by atoms with van der Waals surface area (Å²) in [7, 11) is 0. The van der Waals surface area contributed by atoms with Gasteiger partial charge in [0, 0.05) is 38.8 Å². The van der Waals surface area contributed by atoms with Crippen LogP contribution >= 0.6 is 0 Å². The number of piperazine rings is 1. The van der Waals surface area contributed by atoms with Crippen molar-refractivity contribution in [1.29, 1.82) is 0 Å². The molecule has 14 heavy (non-hydrogen) atoms. The first-order valence-corrected chi connectivity index (χ1v) is 5.61. The Labute approximate surface area is 87.5 Å². The molecule has 1 saturated heterocycles. The Balaban J connectivity index is 2.56. The molecule has 0 spiro atoms. The Hall–Kier alpha value is -0.120. The van der Waals surface area contributed by atoms with E-state index in [1.54, 1.807) is 0 Å². The number of nitrogens with one attached hydrogen (secondary N) is 1. The highest BCUT2D eigenvalue weighted by Crippen LogP contribution is 2.26. The van der Waals surface area contributed by atoms with Crippen LogP contribution in [0.5, 0.6) is 0 Å². The molecule has 1 fully saturated rings. The smallest absolute Gasteiger partial charge is 0.0446 e. The predicted octanol–water partition coefficient (Wildman–Crippen LogP) is 0.689. The Morgan fingerprint density at radius 2 is 1.86 bits per heavy atom. The van der Waals surface area contributed by atoms with Crippen LogP contribution in [0.2, 0.25) is 0 Å². The molecule has 0 aromatic rings. The van der Waals surface area contributed by atoms with E-state index in [4.69, 9.17) is 5.11 Å². The van der Waals surface area contributed by atoms with E-state index in [-0.39, 0.29) is 5.41 Å². The molecule has 2 N–H and O–H groups in total. The fourth-order valence-electron chi connectivity index (χ4n) is 2.28. The highest BCUT2D eigenvalue weighted by atomic mass is 16.3. The van der Waals surface area contributed by atoms with Crippen molar-refractivity contribution in [3.63, 3.8) is 0 Å². The summed E-state index contributed by atoms with van der Waals surface area (Å²) in [4.78, 5) is 2.51. The van der Waals surface area contributed by atoms with Gasteiger partial charge < -0.3 is 10.4 Å². The second kappa shape index (κ2) is 5.10. The molecule has 0 aliphatic carbocycles. The van der Waals surface area contributed by atoms with Gasteiger partial charge in [-0.25, -0.2) is 0 Å². The molecule has 3 nitrogen and oxygen atoms in total. The van der Waals surface area contributed by atoms with Gasteiger partial charge in [0.15, 0.2) is 0 Å². The normalized spacial score (nSPS) is 22.3. The summed E-state index contributed by atoms with van der Waals surface area (Å²) in [5.74, 6) is 0. The standard InChI is InChI=1S/C11H24N2O/c1-11(2,3)10(4-9-14)13-7-5-12-6-8-13/h10,12,14H,4-9H2,1-3H3. The average Bonchev–Trinajstić information content (AvgIpc) is 2.14. The van der Waals surface area contributed by atoms with Crippen LogP contribution in [0, 0.1) is 5.41 Å². The monoisotopic (exact) mass is 200 g/mol. The summed E-state index contributed by atoms with van der Waals surface area (Å²) < 4.78 is 0. The zero-order chi connectivity index (χ0) is 10.6. The molecule has 1 heterocycles. The van der Waals surface area contributed by atoms with E-state index in [2.05, 4.69) is 31.0 Å². The van der Waals surface area contributed by atoms with E-state index in [0.29, 0.717) is 12.6 Å². The lowest BCUT2D eigenvalue weighted by atomic mass is 9.83. The van der Waals surface area contributed by atoms with Crippen LogP contribution in [-0.4, -0.2) is 48.8 Å². The average molecular weight is 200 g/mol. The number of rotatable bonds is 3. The van der Waals surface area contributed by atoms with Gasteiger partial charge in [0.05, 0.1) is 0 Å². The topological polar surface area (TPSA) is 35.5 Å². The third-order valence-electron chi connectivity index (χ3n) is 2.99. The minimum atomic E-state index is 0.264. The molecule has 1 unspecified atom stereocenters. The van der Waals surface area contributed by atoms with Crippen LogP contribution in [0.3, 0.4) is 0 Å². The fraction of sp³-hybridized carbons (Fsp3) is 1.00. The number of hydrogen-bond donors (Lipinski definition) is 2. The summed E-state index contributed by atoms with van der Waals surface area (Å²) in [6.07, 6.45) is 0.892. The number of aliphatic hydroxyl groups is 1. The minimum absolute atomic E-state index is 0.264. The van der Waals surface area contributed by atoms with Gasteiger partial charge >= 0.3 is 0 Å². The second-order valence-electron chi connectivity index (χ2n) is 5.18. The zero-order valence-corrected chi connectivity index (χ0v) is 9.71. The molecule has 1 aliphatic rings. The summed E-state index contributed by atoms with van der Waals surface area (Å²) in [5, 5.41) is 12.4. The van der Waals surface area contributed by atoms with Crippen LogP contribution in [-0.2, 0) is 0 Å². The molecular weight excluding hydrogens is 176 g/mol. The van der Waals surface area contributed by atoms with Crippen molar-refractivity contribution in [1.82, 2.24) is 10.2 Å². The maximum Gasteiger partial charge on any atom is 0.0446 e. The first kappa shape index (κ1) is 12.0. The van der Waals surface area contributed by atoms with Crippen LogP contribution < -0.4 is 5.32 Å². The van der Waals surface area contributed by atoms with E-state index >= 15 is 0 Å². The van der Waals surface area contributed by atoms with E-state index in [1.807, 2.05) is 0 Å². The van der Waals surface area contributed by atoms with Crippen LogP contribution in [0.25, 0.3) is 0 Å². The molecule has 0 radical (unpaired) electrons. The van der Waals surface area contributed by atoms with Gasteiger partial charge in [-0.05, 0) is 11.8 Å². The lowest BCUT2D eigenvalue weighted by Crippen LogP contribution is -2.52. The van der Waals surface area contributed by atoms with Gasteiger partial charge in [0.2, 0.25) is 0 Å². The summed E-state index contributed by atoms with van der Waals surface area (Å²) in [5.41, 5.74) is 0.264. The number of nitrogens with zero attached hydrogens (tertiary/aromatic N) is 1. The lowest BCUT2D eigenvalue weighted by Gasteiger charge is -2.42. The molecule has 1 atom stereocenters. The summed E-state index contributed by atoms with van der Waals surface area (Å²) in [6, 6.07) is 0.509. The maximum atomic E-state index is 9.09. The van der Waals surface area contributed by atoms with E-state index in [1.165, 1.54) is 0 Å². The Kier molecular flexibility index (Phi) is 4.35. The lowest BCUT2D eigenvalue weighted by molar-refractivity contribution is 0.0649. The first-order chi connectivity index (χ1) is 6.55. The quantitative estimate of drug-likeness (QED) is 0.703. The van der Waals surface area contributed by atoms with E-state index in [0.717, 1.165) is 32.6 Å². The molecule has 1 rings (SSSR count). The SMILES string of the molecule is CC(C)(C)C(CCO)N1CCNCC1. The van der Waals surface area contributed by atoms with Gasteiger partial charge in [-0.2, -0.15) is 0 Å². The maximum absolute atomic E-state index is 9.09. The van der Waals surface area contributed by atoms with Gasteiger partial charge in [0.25, 0.3) is 0 Å². The molecule has 0 amide bonds. The van der Waals surface area contributed by atoms with E-state index in [9.17, 15) is 0 Å². The van der Waals surface area contributed by atoms with Crippen LogP contribution in [0.15, 0.2) is 0 Å². The van der Waals surface area contributed by atoms with Crippen molar-refractivity contribution >= 4 is 0 Å². The molecule has 0 aromatic carbocycles. The Morgan fingerprint density at radius 3 is 2.29 bits per heavy atom. The van der Waals surface area contributed by atoms with Crippen LogP contribution in [0.4, 0.5) is 0 Å². The van der Waals surface area contributed by atoms with Gasteiger partial charge in [-0.15, -0.1) is 0 Å². The molecule has 3 heteroatoms. The summed E-state index contributed by atoms with van der Waals surface area (Å²) in [6.45, 7) is 11.5. The van der Waals surface area contributed by atoms with Crippen molar-refractivity contribution in [2.75, 3.05) is 32.8 Å². The number of aliphatic hydroxyl groups excluding tert-OH is 1. The van der Waals surface area contributed by atoms with E-state index < -0.39 is 0 Å². The molecule has 84 valence electrons. The molecule has 0 saturated carbocycles. The molecular formula is C11H24N2O. The van der Waals surface area contributed by atoms with Gasteiger partial charge in [-0.1, -0.05) is 20.8 Å². The highest BCUT2D eigenvalue weighted by molar-refractivity contribution is 4.85. The third-order valence-corrected chi connectivity index (χ3v) is 2.99. The van der Waals surface area contributed by atoms with Crippen molar-refractivity contribution < 1.29 is 5.11 Å². The predicted molar refractivity (Wildman–Crippen MR) is 59.4 cm³/mol. The highest BCUT2D eigenvalue weighted by Gasteiger charge is 2.30. The first-order valence-electron chi connectivity index (χ1n) is 5.61. The van der Waals surface area contributed by atoms with Crippen LogP contribution in [0.1, 0.15) is 27.2 Å². The zero-order valence-electron chi connectivity index (χ0n) is 9.71. The Bertz CT molecular complexity index is 159.